The predicted octanol–water partition coefficient (Wildman–Crippen LogP) is 4.75. The van der Waals surface area contributed by atoms with E-state index in [9.17, 15) is 4.79 Å². The Balaban J connectivity index is 2.43. The SMILES string of the molecule is CCCCN(c1ccccc1)c1ccc(C)cc1C=O. The number of aldehydes is 1. The second-order valence-electron chi connectivity index (χ2n) is 5.02. The van der Waals surface area contributed by atoms with Crippen molar-refractivity contribution in [3.63, 3.8) is 0 Å². The summed E-state index contributed by atoms with van der Waals surface area (Å²) < 4.78 is 0. The molecule has 0 aromatic heterocycles. The molecule has 0 aliphatic carbocycles. The lowest BCUT2D eigenvalue weighted by atomic mass is 10.1. The summed E-state index contributed by atoms with van der Waals surface area (Å²) in [6, 6.07) is 16.3. The first kappa shape index (κ1) is 14.3. The minimum absolute atomic E-state index is 0.755. The zero-order valence-corrected chi connectivity index (χ0v) is 12.2. The minimum Gasteiger partial charge on any atom is -0.341 e. The van der Waals surface area contributed by atoms with E-state index in [1.165, 1.54) is 0 Å². The topological polar surface area (TPSA) is 20.3 Å². The van der Waals surface area contributed by atoms with Crippen molar-refractivity contribution in [3.05, 3.63) is 59.7 Å². The number of unbranched alkanes of at least 4 members (excludes halogenated alkanes) is 1. The molecule has 0 atom stereocenters. The zero-order valence-electron chi connectivity index (χ0n) is 12.2. The molecule has 20 heavy (non-hydrogen) atoms. The Morgan fingerprint density at radius 1 is 1.10 bits per heavy atom. The number of nitrogens with zero attached hydrogens (tertiary/aromatic N) is 1. The number of hydrogen-bond donors (Lipinski definition) is 0. The van der Waals surface area contributed by atoms with Gasteiger partial charge in [-0.3, -0.25) is 4.79 Å². The molecule has 0 saturated heterocycles. The van der Waals surface area contributed by atoms with Crippen LogP contribution in [0.5, 0.6) is 0 Å². The standard InChI is InChI=1S/C18H21NO/c1-3-4-12-19(17-8-6-5-7-9-17)18-11-10-15(2)13-16(18)14-20/h5-11,13-14H,3-4,12H2,1-2H3. The van der Waals surface area contributed by atoms with Gasteiger partial charge < -0.3 is 4.90 Å². The highest BCUT2D eigenvalue weighted by atomic mass is 16.1. The monoisotopic (exact) mass is 267 g/mol. The summed E-state index contributed by atoms with van der Waals surface area (Å²) in [5.41, 5.74) is 3.99. The lowest BCUT2D eigenvalue weighted by Crippen LogP contribution is -2.19. The van der Waals surface area contributed by atoms with Gasteiger partial charge >= 0.3 is 0 Å². The maximum Gasteiger partial charge on any atom is 0.152 e. The van der Waals surface area contributed by atoms with Gasteiger partial charge in [-0.1, -0.05) is 43.2 Å². The number of carbonyl (C=O) groups is 1. The third kappa shape index (κ3) is 3.27. The first-order valence-corrected chi connectivity index (χ1v) is 7.14. The molecule has 2 aromatic rings. The Labute approximate surface area is 121 Å². The van der Waals surface area contributed by atoms with Crippen molar-refractivity contribution >= 4 is 17.7 Å². The maximum atomic E-state index is 11.4. The van der Waals surface area contributed by atoms with E-state index in [2.05, 4.69) is 30.0 Å². The van der Waals surface area contributed by atoms with Gasteiger partial charge in [0.2, 0.25) is 0 Å². The second kappa shape index (κ2) is 6.90. The smallest absolute Gasteiger partial charge is 0.152 e. The van der Waals surface area contributed by atoms with Crippen LogP contribution in [0.4, 0.5) is 11.4 Å². The Kier molecular flexibility index (Phi) is 4.94. The van der Waals surface area contributed by atoms with Gasteiger partial charge in [0, 0.05) is 17.8 Å². The van der Waals surface area contributed by atoms with E-state index in [1.807, 2.05) is 37.3 Å². The van der Waals surface area contributed by atoms with Gasteiger partial charge in [0.1, 0.15) is 0 Å². The first-order chi connectivity index (χ1) is 9.76. The average molecular weight is 267 g/mol. The molecule has 0 amide bonds. The lowest BCUT2D eigenvalue weighted by molar-refractivity contribution is 0.112. The predicted molar refractivity (Wildman–Crippen MR) is 84.9 cm³/mol. The molecular formula is C18H21NO. The summed E-state index contributed by atoms with van der Waals surface area (Å²) in [6.45, 7) is 5.11. The van der Waals surface area contributed by atoms with Crippen molar-refractivity contribution in [2.75, 3.05) is 11.4 Å². The molecule has 0 N–H and O–H groups in total. The molecule has 2 nitrogen and oxygen atoms in total. The minimum atomic E-state index is 0.755. The van der Waals surface area contributed by atoms with Crippen LogP contribution in [0.15, 0.2) is 48.5 Å². The van der Waals surface area contributed by atoms with E-state index in [-0.39, 0.29) is 0 Å². The van der Waals surface area contributed by atoms with E-state index in [1.54, 1.807) is 0 Å². The quantitative estimate of drug-likeness (QED) is 0.704. The third-order valence-electron chi connectivity index (χ3n) is 3.40. The van der Waals surface area contributed by atoms with Gasteiger partial charge in [0.05, 0.1) is 5.69 Å². The lowest BCUT2D eigenvalue weighted by Gasteiger charge is -2.26. The average Bonchev–Trinajstić information content (AvgIpc) is 2.49. The summed E-state index contributed by atoms with van der Waals surface area (Å²) in [4.78, 5) is 13.6. The van der Waals surface area contributed by atoms with Crippen LogP contribution in [0.1, 0.15) is 35.7 Å². The molecule has 0 unspecified atom stereocenters. The Bertz CT molecular complexity index is 563. The number of para-hydroxylation sites is 1. The van der Waals surface area contributed by atoms with Crippen LogP contribution in [-0.4, -0.2) is 12.8 Å². The highest BCUT2D eigenvalue weighted by Crippen LogP contribution is 2.28. The van der Waals surface area contributed by atoms with Crippen LogP contribution in [-0.2, 0) is 0 Å². The summed E-state index contributed by atoms with van der Waals surface area (Å²) in [5, 5.41) is 0. The number of aryl methyl sites for hydroxylation is 1. The second-order valence-corrected chi connectivity index (χ2v) is 5.02. The molecule has 2 rings (SSSR count). The van der Waals surface area contributed by atoms with Crippen molar-refractivity contribution < 1.29 is 4.79 Å². The van der Waals surface area contributed by atoms with Crippen LogP contribution in [0.3, 0.4) is 0 Å². The van der Waals surface area contributed by atoms with Gasteiger partial charge in [-0.2, -0.15) is 0 Å². The van der Waals surface area contributed by atoms with Crippen molar-refractivity contribution in [3.8, 4) is 0 Å². The van der Waals surface area contributed by atoms with Gasteiger partial charge in [0.15, 0.2) is 6.29 Å². The Morgan fingerprint density at radius 2 is 1.85 bits per heavy atom. The number of benzene rings is 2. The fraction of sp³-hybridized carbons (Fsp3) is 0.278. The maximum absolute atomic E-state index is 11.4. The van der Waals surface area contributed by atoms with E-state index >= 15 is 0 Å². The van der Waals surface area contributed by atoms with Crippen molar-refractivity contribution in [1.82, 2.24) is 0 Å². The van der Waals surface area contributed by atoms with E-state index < -0.39 is 0 Å². The molecule has 0 aliphatic rings. The number of carbonyl (C=O) groups excluding carboxylic acids is 1. The van der Waals surface area contributed by atoms with E-state index in [0.29, 0.717) is 0 Å². The normalized spacial score (nSPS) is 10.3. The summed E-state index contributed by atoms with van der Waals surface area (Å²) in [6.07, 6.45) is 3.18. The van der Waals surface area contributed by atoms with Gasteiger partial charge in [-0.15, -0.1) is 0 Å². The van der Waals surface area contributed by atoms with Crippen molar-refractivity contribution in [1.29, 1.82) is 0 Å². The molecule has 0 saturated carbocycles. The molecule has 0 spiro atoms. The van der Waals surface area contributed by atoms with Crippen molar-refractivity contribution in [2.45, 2.75) is 26.7 Å². The van der Waals surface area contributed by atoms with Crippen LogP contribution in [0, 0.1) is 6.92 Å². The Morgan fingerprint density at radius 3 is 2.50 bits per heavy atom. The van der Waals surface area contributed by atoms with Crippen LogP contribution in [0.25, 0.3) is 0 Å². The summed E-state index contributed by atoms with van der Waals surface area (Å²) in [5.74, 6) is 0. The molecule has 0 heterocycles. The summed E-state index contributed by atoms with van der Waals surface area (Å²) >= 11 is 0. The van der Waals surface area contributed by atoms with Crippen molar-refractivity contribution in [2.24, 2.45) is 0 Å². The van der Waals surface area contributed by atoms with Gasteiger partial charge in [0.25, 0.3) is 0 Å². The molecule has 2 heteroatoms. The molecule has 2 aromatic carbocycles. The highest BCUT2D eigenvalue weighted by molar-refractivity contribution is 5.87. The van der Waals surface area contributed by atoms with Gasteiger partial charge in [-0.25, -0.2) is 0 Å². The third-order valence-corrected chi connectivity index (χ3v) is 3.40. The zero-order chi connectivity index (χ0) is 14.4. The van der Waals surface area contributed by atoms with Gasteiger partial charge in [-0.05, 0) is 37.6 Å². The fourth-order valence-corrected chi connectivity index (χ4v) is 2.33. The van der Waals surface area contributed by atoms with E-state index in [0.717, 1.165) is 48.2 Å². The fourth-order valence-electron chi connectivity index (χ4n) is 2.33. The molecule has 0 fully saturated rings. The number of anilines is 2. The molecule has 0 bridgehead atoms. The molecular weight excluding hydrogens is 246 g/mol. The van der Waals surface area contributed by atoms with Crippen LogP contribution < -0.4 is 4.90 Å². The molecule has 0 radical (unpaired) electrons. The largest absolute Gasteiger partial charge is 0.341 e. The van der Waals surface area contributed by atoms with Crippen LogP contribution >= 0.6 is 0 Å². The first-order valence-electron chi connectivity index (χ1n) is 7.14. The highest BCUT2D eigenvalue weighted by Gasteiger charge is 2.12. The Hall–Kier alpha value is -2.09. The summed E-state index contributed by atoms with van der Waals surface area (Å²) in [7, 11) is 0. The number of rotatable bonds is 6. The molecule has 104 valence electrons. The number of hydrogen-bond acceptors (Lipinski definition) is 2. The molecule has 0 aliphatic heterocycles. The van der Waals surface area contributed by atoms with Crippen LogP contribution in [0.2, 0.25) is 0 Å². The van der Waals surface area contributed by atoms with E-state index in [4.69, 9.17) is 0 Å².